The van der Waals surface area contributed by atoms with E-state index in [2.05, 4.69) is 22.1 Å². The number of aromatic nitrogens is 4. The van der Waals surface area contributed by atoms with Crippen LogP contribution in [0.25, 0.3) is 0 Å². The lowest BCUT2D eigenvalue weighted by Crippen LogP contribution is -2.41. The second kappa shape index (κ2) is 5.55. The maximum absolute atomic E-state index is 5.77. The largest absolute Gasteiger partial charge is 0.377 e. The third-order valence-electron chi connectivity index (χ3n) is 5.31. The minimum atomic E-state index is 0.167. The molecule has 2 aliphatic carbocycles. The summed E-state index contributed by atoms with van der Waals surface area (Å²) in [6, 6.07) is 4.47. The maximum Gasteiger partial charge on any atom is 0.134 e. The smallest absolute Gasteiger partial charge is 0.134 e. The highest BCUT2D eigenvalue weighted by atomic mass is 16.5. The topological polar surface area (TPSA) is 56.1 Å². The summed E-state index contributed by atoms with van der Waals surface area (Å²) in [4.78, 5) is 12.2. The molecule has 0 N–H and O–H groups in total. The van der Waals surface area contributed by atoms with Crippen molar-refractivity contribution >= 4 is 5.82 Å². The van der Waals surface area contributed by atoms with Crippen molar-refractivity contribution in [2.45, 2.75) is 43.6 Å². The van der Waals surface area contributed by atoms with Crippen molar-refractivity contribution in [1.29, 1.82) is 0 Å². The SMILES string of the molecule is Cn1nccc1C1COCCN1c1cc(C2CC2)nc(C2CC2)n1. The first kappa shape index (κ1) is 14.4. The predicted molar refractivity (Wildman–Crippen MR) is 90.1 cm³/mol. The number of morpholine rings is 1. The zero-order chi connectivity index (χ0) is 16.1. The van der Waals surface area contributed by atoms with Gasteiger partial charge in [0.15, 0.2) is 0 Å². The van der Waals surface area contributed by atoms with E-state index in [9.17, 15) is 0 Å². The molecule has 1 atom stereocenters. The second-order valence-electron chi connectivity index (χ2n) is 7.22. The van der Waals surface area contributed by atoms with Crippen LogP contribution in [0.2, 0.25) is 0 Å². The molecule has 0 amide bonds. The molecule has 6 heteroatoms. The molecule has 2 aromatic rings. The van der Waals surface area contributed by atoms with Crippen LogP contribution < -0.4 is 4.90 Å². The van der Waals surface area contributed by atoms with Crippen LogP contribution in [0.15, 0.2) is 18.3 Å². The van der Waals surface area contributed by atoms with Gasteiger partial charge in [-0.2, -0.15) is 5.10 Å². The molecule has 3 heterocycles. The molecule has 5 rings (SSSR count). The first-order valence-corrected chi connectivity index (χ1v) is 9.01. The van der Waals surface area contributed by atoms with E-state index in [0.717, 1.165) is 24.8 Å². The van der Waals surface area contributed by atoms with Crippen molar-refractivity contribution in [3.05, 3.63) is 35.5 Å². The molecule has 2 aromatic heterocycles. The predicted octanol–water partition coefficient (Wildman–Crippen LogP) is 2.54. The highest BCUT2D eigenvalue weighted by Gasteiger charge is 2.34. The summed E-state index contributed by atoms with van der Waals surface area (Å²) >= 11 is 0. The average Bonchev–Trinajstić information content (AvgIpc) is 3.52. The van der Waals surface area contributed by atoms with Gasteiger partial charge in [-0.1, -0.05) is 0 Å². The molecule has 1 saturated heterocycles. The molecule has 0 spiro atoms. The number of anilines is 1. The van der Waals surface area contributed by atoms with Gasteiger partial charge in [0.05, 0.1) is 24.9 Å². The van der Waals surface area contributed by atoms with Gasteiger partial charge in [0.1, 0.15) is 11.6 Å². The summed E-state index contributed by atoms with van der Waals surface area (Å²) in [6.45, 7) is 2.29. The Kier molecular flexibility index (Phi) is 3.33. The minimum absolute atomic E-state index is 0.167. The fraction of sp³-hybridized carbons (Fsp3) is 0.611. The summed E-state index contributed by atoms with van der Waals surface area (Å²) in [7, 11) is 1.99. The Morgan fingerprint density at radius 2 is 1.96 bits per heavy atom. The van der Waals surface area contributed by atoms with Crippen LogP contribution in [0, 0.1) is 0 Å². The summed E-state index contributed by atoms with van der Waals surface area (Å²) < 4.78 is 7.71. The van der Waals surface area contributed by atoms with E-state index < -0.39 is 0 Å². The number of hydrogen-bond donors (Lipinski definition) is 0. The van der Waals surface area contributed by atoms with Crippen molar-refractivity contribution in [3.8, 4) is 0 Å². The summed E-state index contributed by atoms with van der Waals surface area (Å²) in [5.74, 6) is 3.37. The third kappa shape index (κ3) is 2.59. The fourth-order valence-electron chi connectivity index (χ4n) is 3.56. The lowest BCUT2D eigenvalue weighted by atomic mass is 10.1. The molecule has 24 heavy (non-hydrogen) atoms. The van der Waals surface area contributed by atoms with Gasteiger partial charge in [-0.15, -0.1) is 0 Å². The number of nitrogens with zero attached hydrogens (tertiary/aromatic N) is 5. The molecule has 0 radical (unpaired) electrons. The highest BCUT2D eigenvalue weighted by molar-refractivity contribution is 5.45. The van der Waals surface area contributed by atoms with Gasteiger partial charge < -0.3 is 9.64 Å². The number of hydrogen-bond acceptors (Lipinski definition) is 5. The van der Waals surface area contributed by atoms with Gasteiger partial charge in [0, 0.05) is 43.4 Å². The minimum Gasteiger partial charge on any atom is -0.377 e. The Balaban J connectivity index is 1.54. The molecule has 0 aromatic carbocycles. The van der Waals surface area contributed by atoms with Crippen molar-refractivity contribution in [2.24, 2.45) is 7.05 Å². The first-order valence-electron chi connectivity index (χ1n) is 9.01. The number of rotatable bonds is 4. The van der Waals surface area contributed by atoms with Crippen molar-refractivity contribution in [1.82, 2.24) is 19.7 Å². The lowest BCUT2D eigenvalue weighted by Gasteiger charge is -2.36. The molecule has 0 bridgehead atoms. The molecular weight excluding hydrogens is 302 g/mol. The number of aryl methyl sites for hydroxylation is 1. The molecule has 3 aliphatic rings. The van der Waals surface area contributed by atoms with Crippen LogP contribution in [0.3, 0.4) is 0 Å². The van der Waals surface area contributed by atoms with Gasteiger partial charge >= 0.3 is 0 Å². The van der Waals surface area contributed by atoms with Crippen LogP contribution >= 0.6 is 0 Å². The molecule has 1 aliphatic heterocycles. The van der Waals surface area contributed by atoms with E-state index in [-0.39, 0.29) is 6.04 Å². The van der Waals surface area contributed by atoms with Gasteiger partial charge in [-0.25, -0.2) is 9.97 Å². The summed E-state index contributed by atoms with van der Waals surface area (Å²) in [5, 5.41) is 4.33. The van der Waals surface area contributed by atoms with Crippen LogP contribution in [-0.4, -0.2) is 39.5 Å². The second-order valence-corrected chi connectivity index (χ2v) is 7.22. The van der Waals surface area contributed by atoms with Gasteiger partial charge in [-0.3, -0.25) is 4.68 Å². The van der Waals surface area contributed by atoms with E-state index in [1.807, 2.05) is 17.9 Å². The van der Waals surface area contributed by atoms with Crippen LogP contribution in [0.1, 0.15) is 60.8 Å². The third-order valence-corrected chi connectivity index (χ3v) is 5.31. The molecular formula is C18H23N5O. The number of ether oxygens (including phenoxy) is 1. The first-order chi connectivity index (χ1) is 11.8. The van der Waals surface area contributed by atoms with Crippen LogP contribution in [-0.2, 0) is 11.8 Å². The van der Waals surface area contributed by atoms with Crippen LogP contribution in [0.4, 0.5) is 5.82 Å². The van der Waals surface area contributed by atoms with E-state index in [4.69, 9.17) is 14.7 Å². The Labute approximate surface area is 141 Å². The summed E-state index contributed by atoms with van der Waals surface area (Å²) in [6.07, 6.45) is 6.88. The Morgan fingerprint density at radius 1 is 1.12 bits per heavy atom. The Bertz CT molecular complexity index is 719. The molecule has 126 valence electrons. The van der Waals surface area contributed by atoms with E-state index in [1.165, 1.54) is 37.1 Å². The molecule has 6 nitrogen and oxygen atoms in total. The summed E-state index contributed by atoms with van der Waals surface area (Å²) in [5.41, 5.74) is 2.42. The Hall–Kier alpha value is -1.95. The lowest BCUT2D eigenvalue weighted by molar-refractivity contribution is 0.0914. The van der Waals surface area contributed by atoms with Crippen LogP contribution in [0.5, 0.6) is 0 Å². The maximum atomic E-state index is 5.77. The molecule has 2 saturated carbocycles. The van der Waals surface area contributed by atoms with Gasteiger partial charge in [0.25, 0.3) is 0 Å². The van der Waals surface area contributed by atoms with E-state index in [0.29, 0.717) is 18.4 Å². The molecule has 1 unspecified atom stereocenters. The molecule has 3 fully saturated rings. The quantitative estimate of drug-likeness (QED) is 0.864. The average molecular weight is 325 g/mol. The zero-order valence-electron chi connectivity index (χ0n) is 14.1. The van der Waals surface area contributed by atoms with Crippen molar-refractivity contribution in [3.63, 3.8) is 0 Å². The normalized spacial score (nSPS) is 24.4. The Morgan fingerprint density at radius 3 is 2.67 bits per heavy atom. The van der Waals surface area contributed by atoms with Crippen molar-refractivity contribution < 1.29 is 4.74 Å². The van der Waals surface area contributed by atoms with Gasteiger partial charge in [-0.05, 0) is 31.7 Å². The van der Waals surface area contributed by atoms with Gasteiger partial charge in [0.2, 0.25) is 0 Å². The van der Waals surface area contributed by atoms with Crippen molar-refractivity contribution in [2.75, 3.05) is 24.7 Å². The van der Waals surface area contributed by atoms with E-state index in [1.54, 1.807) is 0 Å². The highest BCUT2D eigenvalue weighted by Crippen LogP contribution is 2.44. The van der Waals surface area contributed by atoms with E-state index >= 15 is 0 Å². The fourth-order valence-corrected chi connectivity index (χ4v) is 3.56. The zero-order valence-corrected chi connectivity index (χ0v) is 14.1. The monoisotopic (exact) mass is 325 g/mol. The standard InChI is InChI=1S/C18H23N5O/c1-22-15(6-7-19-22)16-11-24-9-8-23(16)17-10-14(12-2-3-12)20-18(21-17)13-4-5-13/h6-7,10,12-13,16H,2-5,8-9,11H2,1H3.